The maximum absolute atomic E-state index is 12.2. The van der Waals surface area contributed by atoms with Crippen LogP contribution in [0.25, 0.3) is 0 Å². The molecule has 0 radical (unpaired) electrons. The van der Waals surface area contributed by atoms with E-state index < -0.39 is 0 Å². The minimum Gasteiger partial charge on any atom is -0.207 e. The zero-order chi connectivity index (χ0) is 13.5. The molecule has 0 saturated heterocycles. The lowest BCUT2D eigenvalue weighted by molar-refractivity contribution is 0.626. The number of halogens is 1. The Morgan fingerprint density at radius 2 is 1.24 bits per heavy atom. The third-order valence-corrected chi connectivity index (χ3v) is 2.23. The summed E-state index contributed by atoms with van der Waals surface area (Å²) >= 11 is 0. The fourth-order valence-corrected chi connectivity index (χ4v) is 1.49. The van der Waals surface area contributed by atoms with Crippen LogP contribution in [0, 0.1) is 12.7 Å². The van der Waals surface area contributed by atoms with Crippen LogP contribution in [0.2, 0.25) is 0 Å². The predicted molar refractivity (Wildman–Crippen MR) is 76.9 cm³/mol. The van der Waals surface area contributed by atoms with Gasteiger partial charge < -0.3 is 0 Å². The smallest absolute Gasteiger partial charge is 0.123 e. The van der Waals surface area contributed by atoms with Gasteiger partial charge in [0.15, 0.2) is 0 Å². The van der Waals surface area contributed by atoms with Gasteiger partial charge in [0.2, 0.25) is 0 Å². The fourth-order valence-electron chi connectivity index (χ4n) is 1.49. The number of aryl methyl sites for hydroxylation is 1. The Hall–Kier alpha value is -0.850. The Labute approximate surface area is 107 Å². The van der Waals surface area contributed by atoms with Gasteiger partial charge >= 0.3 is 0 Å². The maximum atomic E-state index is 12.2. The number of rotatable bonds is 0. The molecule has 0 spiro atoms. The second-order valence-corrected chi connectivity index (χ2v) is 3.57. The van der Waals surface area contributed by atoms with Crippen LogP contribution in [0.3, 0.4) is 0 Å². The van der Waals surface area contributed by atoms with Crippen molar-refractivity contribution >= 4 is 0 Å². The number of benzene rings is 1. The molecule has 0 unspecified atom stereocenters. The average molecular weight is 240 g/mol. The second kappa shape index (κ2) is 15.1. The Morgan fingerprint density at radius 1 is 0.824 bits per heavy atom. The van der Waals surface area contributed by atoms with E-state index in [2.05, 4.69) is 0 Å². The molecule has 2 rings (SSSR count). The first-order valence-electron chi connectivity index (χ1n) is 7.01. The van der Waals surface area contributed by atoms with Gasteiger partial charge in [-0.3, -0.25) is 0 Å². The van der Waals surface area contributed by atoms with Gasteiger partial charge in [0.25, 0.3) is 0 Å². The third-order valence-electron chi connectivity index (χ3n) is 2.23. The van der Waals surface area contributed by atoms with Crippen molar-refractivity contribution in [1.82, 2.24) is 0 Å². The van der Waals surface area contributed by atoms with E-state index in [1.54, 1.807) is 6.07 Å². The van der Waals surface area contributed by atoms with Crippen molar-refractivity contribution in [3.63, 3.8) is 0 Å². The van der Waals surface area contributed by atoms with E-state index in [0.29, 0.717) is 0 Å². The number of hydrogen-bond donors (Lipinski definition) is 0. The van der Waals surface area contributed by atoms with Gasteiger partial charge in [0.1, 0.15) is 5.82 Å². The van der Waals surface area contributed by atoms with Crippen molar-refractivity contribution in [2.45, 2.75) is 66.7 Å². The average Bonchev–Trinajstić information content (AvgIpc) is 2.93. The molecule has 100 valence electrons. The first-order valence-corrected chi connectivity index (χ1v) is 7.01. The SMILES string of the molecule is C1CCCC1.CC.CC.Cc1cccc(F)c1. The molecule has 1 aliphatic carbocycles. The van der Waals surface area contributed by atoms with Gasteiger partial charge in [-0.05, 0) is 24.6 Å². The normalized spacial score (nSPS) is 12.1. The van der Waals surface area contributed by atoms with E-state index in [1.165, 1.54) is 44.2 Å². The van der Waals surface area contributed by atoms with Crippen molar-refractivity contribution in [1.29, 1.82) is 0 Å². The summed E-state index contributed by atoms with van der Waals surface area (Å²) in [7, 11) is 0. The Morgan fingerprint density at radius 3 is 1.47 bits per heavy atom. The molecule has 0 atom stereocenters. The molecule has 0 aliphatic heterocycles. The Kier molecular flexibility index (Phi) is 16.5. The summed E-state index contributed by atoms with van der Waals surface area (Å²) in [4.78, 5) is 0. The largest absolute Gasteiger partial charge is 0.207 e. The lowest BCUT2D eigenvalue weighted by atomic mass is 10.2. The van der Waals surface area contributed by atoms with Crippen molar-refractivity contribution in [3.05, 3.63) is 35.6 Å². The summed E-state index contributed by atoms with van der Waals surface area (Å²) < 4.78 is 12.2. The van der Waals surface area contributed by atoms with Crippen LogP contribution < -0.4 is 0 Å². The molecule has 1 aromatic carbocycles. The van der Waals surface area contributed by atoms with E-state index in [0.717, 1.165) is 5.56 Å². The molecular formula is C16H29F. The number of hydrogen-bond acceptors (Lipinski definition) is 0. The first-order chi connectivity index (χ1) is 8.29. The minimum absolute atomic E-state index is 0.162. The van der Waals surface area contributed by atoms with Gasteiger partial charge in [-0.2, -0.15) is 0 Å². The highest BCUT2D eigenvalue weighted by Crippen LogP contribution is 2.15. The van der Waals surface area contributed by atoms with E-state index >= 15 is 0 Å². The van der Waals surface area contributed by atoms with Gasteiger partial charge in [0.05, 0.1) is 0 Å². The Bertz CT molecular complexity index is 214. The molecule has 0 amide bonds. The van der Waals surface area contributed by atoms with Crippen LogP contribution in [0.4, 0.5) is 4.39 Å². The van der Waals surface area contributed by atoms with E-state index in [-0.39, 0.29) is 5.82 Å². The van der Waals surface area contributed by atoms with Gasteiger partial charge in [-0.1, -0.05) is 71.9 Å². The minimum atomic E-state index is -0.162. The van der Waals surface area contributed by atoms with Gasteiger partial charge in [-0.25, -0.2) is 4.39 Å². The van der Waals surface area contributed by atoms with Crippen LogP contribution in [0.5, 0.6) is 0 Å². The lowest BCUT2D eigenvalue weighted by Gasteiger charge is -1.87. The Balaban J connectivity index is 0. The molecule has 1 fully saturated rings. The van der Waals surface area contributed by atoms with Crippen molar-refractivity contribution in [3.8, 4) is 0 Å². The molecule has 0 heterocycles. The summed E-state index contributed by atoms with van der Waals surface area (Å²) in [6.07, 6.45) is 7.50. The molecular weight excluding hydrogens is 211 g/mol. The third kappa shape index (κ3) is 13.1. The van der Waals surface area contributed by atoms with E-state index in [9.17, 15) is 4.39 Å². The summed E-state index contributed by atoms with van der Waals surface area (Å²) in [5.41, 5.74) is 0.963. The molecule has 0 N–H and O–H groups in total. The topological polar surface area (TPSA) is 0 Å². The summed E-state index contributed by atoms with van der Waals surface area (Å²) in [6.45, 7) is 9.86. The molecule has 1 saturated carbocycles. The van der Waals surface area contributed by atoms with Crippen LogP contribution in [0.15, 0.2) is 24.3 Å². The highest BCUT2D eigenvalue weighted by Gasteiger charge is 1.95. The highest BCUT2D eigenvalue weighted by molar-refractivity contribution is 5.13. The molecule has 1 aromatic rings. The first kappa shape index (κ1) is 18.5. The van der Waals surface area contributed by atoms with Crippen molar-refractivity contribution in [2.75, 3.05) is 0 Å². The fraction of sp³-hybridized carbons (Fsp3) is 0.625. The van der Waals surface area contributed by atoms with Crippen LogP contribution in [0.1, 0.15) is 65.4 Å². The van der Waals surface area contributed by atoms with Crippen LogP contribution in [-0.4, -0.2) is 0 Å². The molecule has 0 aromatic heterocycles. The zero-order valence-electron chi connectivity index (χ0n) is 12.2. The molecule has 1 aliphatic rings. The van der Waals surface area contributed by atoms with E-state index in [1.807, 2.05) is 40.7 Å². The van der Waals surface area contributed by atoms with Crippen molar-refractivity contribution in [2.24, 2.45) is 0 Å². The van der Waals surface area contributed by atoms with Crippen molar-refractivity contribution < 1.29 is 4.39 Å². The molecule has 0 nitrogen and oxygen atoms in total. The van der Waals surface area contributed by atoms with Crippen LogP contribution >= 0.6 is 0 Å². The standard InChI is InChI=1S/C7H7F.C5H10.2C2H6/c1-6-3-2-4-7(8)5-6;1-2-4-5-3-1;2*1-2/h2-5H,1H3;1-5H2;2*1-2H3. The monoisotopic (exact) mass is 240 g/mol. The maximum Gasteiger partial charge on any atom is 0.123 e. The summed E-state index contributed by atoms with van der Waals surface area (Å²) in [5, 5.41) is 0. The molecule has 0 bridgehead atoms. The second-order valence-electron chi connectivity index (χ2n) is 3.57. The zero-order valence-corrected chi connectivity index (χ0v) is 12.2. The summed E-state index contributed by atoms with van der Waals surface area (Å²) in [5.74, 6) is -0.162. The van der Waals surface area contributed by atoms with Gasteiger partial charge in [0, 0.05) is 0 Å². The highest BCUT2D eigenvalue weighted by atomic mass is 19.1. The van der Waals surface area contributed by atoms with Gasteiger partial charge in [-0.15, -0.1) is 0 Å². The quantitative estimate of drug-likeness (QED) is 0.511. The lowest BCUT2D eigenvalue weighted by Crippen LogP contribution is -1.72. The summed E-state index contributed by atoms with van der Waals surface area (Å²) in [6, 6.07) is 6.50. The predicted octanol–water partition coefficient (Wildman–Crippen LogP) is 6.14. The van der Waals surface area contributed by atoms with E-state index in [4.69, 9.17) is 0 Å². The molecule has 1 heteroatoms. The van der Waals surface area contributed by atoms with Crippen LogP contribution in [-0.2, 0) is 0 Å². The molecule has 17 heavy (non-hydrogen) atoms.